The highest BCUT2D eigenvalue weighted by Gasteiger charge is 2.30. The van der Waals surface area contributed by atoms with Gasteiger partial charge in [0, 0.05) is 22.7 Å². The summed E-state index contributed by atoms with van der Waals surface area (Å²) in [4.78, 5) is 30.2. The maximum Gasteiger partial charge on any atom is 0.257 e. The SMILES string of the molecule is CCNC(=O)C[C@@H]1N=C(c2ccc(Cl)cc2)c2cc(OCNC(=O)c3cccc(O)c3O)ccc2-n2c(C)nnc21. The number of rotatable bonds is 8. The van der Waals surface area contributed by atoms with E-state index >= 15 is 0 Å². The van der Waals surface area contributed by atoms with Crippen LogP contribution in [0.2, 0.25) is 5.02 Å². The van der Waals surface area contributed by atoms with Crippen LogP contribution in [-0.2, 0) is 4.79 Å². The second-order valence-electron chi connectivity index (χ2n) is 9.25. The fourth-order valence-corrected chi connectivity index (χ4v) is 4.71. The molecular formula is C29H27ClN6O5. The number of carbonyl (C=O) groups is 2. The number of phenolic OH excluding ortho intramolecular Hbond substituents is 2. The van der Waals surface area contributed by atoms with Crippen LogP contribution in [0, 0.1) is 6.92 Å². The van der Waals surface area contributed by atoms with E-state index < -0.39 is 23.4 Å². The number of nitrogens with zero attached hydrogens (tertiary/aromatic N) is 4. The predicted octanol–water partition coefficient (Wildman–Crippen LogP) is 3.82. The lowest BCUT2D eigenvalue weighted by Crippen LogP contribution is -2.27. The normalized spacial score (nSPS) is 13.8. The van der Waals surface area contributed by atoms with Crippen LogP contribution in [0.5, 0.6) is 17.2 Å². The Labute approximate surface area is 240 Å². The minimum absolute atomic E-state index is 0.0777. The molecule has 0 bridgehead atoms. The first-order valence-corrected chi connectivity index (χ1v) is 13.2. The number of hydrogen-bond donors (Lipinski definition) is 4. The molecule has 210 valence electrons. The van der Waals surface area contributed by atoms with Crippen LogP contribution in [0.3, 0.4) is 0 Å². The Morgan fingerprint density at radius 2 is 1.83 bits per heavy atom. The summed E-state index contributed by atoms with van der Waals surface area (Å²) < 4.78 is 7.72. The number of halogens is 1. The Morgan fingerprint density at radius 1 is 1.05 bits per heavy atom. The quantitative estimate of drug-likeness (QED) is 0.184. The van der Waals surface area contributed by atoms with E-state index in [9.17, 15) is 19.8 Å². The van der Waals surface area contributed by atoms with Gasteiger partial charge in [-0.15, -0.1) is 10.2 Å². The molecule has 0 saturated heterocycles. The fourth-order valence-electron chi connectivity index (χ4n) is 4.58. The number of ether oxygens (including phenoxy) is 1. The van der Waals surface area contributed by atoms with E-state index in [4.69, 9.17) is 21.3 Å². The number of aliphatic imine (C=N–C) groups is 1. The highest BCUT2D eigenvalue weighted by atomic mass is 35.5. The van der Waals surface area contributed by atoms with Gasteiger partial charge < -0.3 is 25.6 Å². The van der Waals surface area contributed by atoms with Crippen LogP contribution in [-0.4, -0.2) is 55.8 Å². The highest BCUT2D eigenvalue weighted by molar-refractivity contribution is 6.30. The first kappa shape index (κ1) is 27.7. The third-order valence-electron chi connectivity index (χ3n) is 6.50. The van der Waals surface area contributed by atoms with E-state index in [0.717, 1.165) is 11.3 Å². The van der Waals surface area contributed by atoms with Gasteiger partial charge >= 0.3 is 0 Å². The summed E-state index contributed by atoms with van der Waals surface area (Å²) in [6.45, 7) is 3.96. The van der Waals surface area contributed by atoms with Gasteiger partial charge in [-0.25, -0.2) is 0 Å². The van der Waals surface area contributed by atoms with E-state index in [1.54, 1.807) is 24.3 Å². The highest BCUT2D eigenvalue weighted by Crippen LogP contribution is 2.34. The van der Waals surface area contributed by atoms with Crippen LogP contribution in [0.4, 0.5) is 0 Å². The molecule has 1 aliphatic heterocycles. The van der Waals surface area contributed by atoms with E-state index in [1.165, 1.54) is 18.2 Å². The Morgan fingerprint density at radius 3 is 2.59 bits per heavy atom. The zero-order chi connectivity index (χ0) is 29.1. The van der Waals surface area contributed by atoms with Crippen molar-refractivity contribution in [3.05, 3.63) is 94.0 Å². The average molecular weight is 575 g/mol. The Kier molecular flexibility index (Phi) is 7.88. The van der Waals surface area contributed by atoms with Crippen molar-refractivity contribution in [3.63, 3.8) is 0 Å². The van der Waals surface area contributed by atoms with Crippen molar-refractivity contribution in [2.24, 2.45) is 4.99 Å². The number of amides is 2. The Balaban J connectivity index is 1.51. The molecule has 1 atom stereocenters. The molecule has 1 aromatic heterocycles. The summed E-state index contributed by atoms with van der Waals surface area (Å²) >= 11 is 6.16. The monoisotopic (exact) mass is 574 g/mol. The van der Waals surface area contributed by atoms with Crippen LogP contribution in [0.15, 0.2) is 65.7 Å². The van der Waals surface area contributed by atoms with Gasteiger partial charge in [-0.05, 0) is 56.3 Å². The molecule has 5 rings (SSSR count). The van der Waals surface area contributed by atoms with Crippen molar-refractivity contribution in [1.82, 2.24) is 25.4 Å². The smallest absolute Gasteiger partial charge is 0.257 e. The number of para-hydroxylation sites is 1. The number of benzene rings is 3. The molecule has 2 amide bonds. The molecular weight excluding hydrogens is 548 g/mol. The van der Waals surface area contributed by atoms with E-state index in [0.29, 0.717) is 40.2 Å². The number of aromatic nitrogens is 3. The molecule has 2 heterocycles. The van der Waals surface area contributed by atoms with Crippen molar-refractivity contribution in [1.29, 1.82) is 0 Å². The van der Waals surface area contributed by atoms with Gasteiger partial charge in [-0.3, -0.25) is 19.1 Å². The van der Waals surface area contributed by atoms with Crippen molar-refractivity contribution < 1.29 is 24.5 Å². The van der Waals surface area contributed by atoms with Crippen molar-refractivity contribution in [2.75, 3.05) is 13.3 Å². The molecule has 0 aliphatic carbocycles. The third kappa shape index (κ3) is 5.71. The lowest BCUT2D eigenvalue weighted by Gasteiger charge is -2.15. The molecule has 0 spiro atoms. The fraction of sp³-hybridized carbons (Fsp3) is 0.207. The number of hydrogen-bond acceptors (Lipinski definition) is 8. The standard InChI is InChI=1S/C29H27ClN6O5/c1-3-31-25(38)14-22-28-35-34-16(2)36(28)23-12-11-19(13-21(23)26(33-22)17-7-9-18(30)10-8-17)41-15-32-29(40)20-5-4-6-24(37)27(20)39/h4-13,22,37,39H,3,14-15H2,1-2H3,(H,31,38)(H,32,40)/t22-/m0/s1. The molecule has 11 nitrogen and oxygen atoms in total. The number of fused-ring (bicyclic) bond motifs is 3. The van der Waals surface area contributed by atoms with Crippen LogP contribution >= 0.6 is 11.6 Å². The van der Waals surface area contributed by atoms with E-state index in [1.807, 2.05) is 36.6 Å². The first-order chi connectivity index (χ1) is 19.8. The number of phenols is 2. The van der Waals surface area contributed by atoms with E-state index in [2.05, 4.69) is 20.8 Å². The summed E-state index contributed by atoms with van der Waals surface area (Å²) in [5.74, 6) is -0.0942. The van der Waals surface area contributed by atoms with E-state index in [-0.39, 0.29) is 24.6 Å². The van der Waals surface area contributed by atoms with Gasteiger partial charge in [-0.1, -0.05) is 29.8 Å². The topological polar surface area (TPSA) is 151 Å². The van der Waals surface area contributed by atoms with Crippen molar-refractivity contribution >= 4 is 29.1 Å². The maximum absolute atomic E-state index is 12.6. The lowest BCUT2D eigenvalue weighted by atomic mass is 10.00. The second-order valence-corrected chi connectivity index (χ2v) is 9.68. The summed E-state index contributed by atoms with van der Waals surface area (Å²) in [6, 6.07) is 16.1. The number of aromatic hydroxyl groups is 2. The summed E-state index contributed by atoms with van der Waals surface area (Å²) in [7, 11) is 0. The second kappa shape index (κ2) is 11.7. The largest absolute Gasteiger partial charge is 0.504 e. The van der Waals surface area contributed by atoms with Gasteiger partial charge in [0.15, 0.2) is 24.1 Å². The van der Waals surface area contributed by atoms with Crippen molar-refractivity contribution in [2.45, 2.75) is 26.3 Å². The average Bonchev–Trinajstić information content (AvgIpc) is 3.28. The lowest BCUT2D eigenvalue weighted by molar-refractivity contribution is -0.121. The van der Waals surface area contributed by atoms with Crippen LogP contribution < -0.4 is 15.4 Å². The molecule has 0 saturated carbocycles. The first-order valence-electron chi connectivity index (χ1n) is 12.9. The third-order valence-corrected chi connectivity index (χ3v) is 6.75. The molecule has 0 fully saturated rings. The number of carbonyl (C=O) groups excluding carboxylic acids is 2. The summed E-state index contributed by atoms with van der Waals surface area (Å²) in [5.41, 5.74) is 2.74. The Hall–Kier alpha value is -4.90. The maximum atomic E-state index is 12.6. The van der Waals surface area contributed by atoms with Gasteiger partial charge in [0.25, 0.3) is 5.91 Å². The molecule has 1 aliphatic rings. The molecule has 0 radical (unpaired) electrons. The van der Waals surface area contributed by atoms with Crippen LogP contribution in [0.25, 0.3) is 5.69 Å². The van der Waals surface area contributed by atoms with Gasteiger partial charge in [0.1, 0.15) is 17.6 Å². The zero-order valence-corrected chi connectivity index (χ0v) is 23.0. The van der Waals surface area contributed by atoms with Gasteiger partial charge in [-0.2, -0.15) is 0 Å². The number of aryl methyl sites for hydroxylation is 1. The summed E-state index contributed by atoms with van der Waals surface area (Å²) in [5, 5.41) is 34.3. The van der Waals surface area contributed by atoms with Gasteiger partial charge in [0.2, 0.25) is 5.91 Å². The molecule has 12 heteroatoms. The number of nitrogens with one attached hydrogen (secondary N) is 2. The summed E-state index contributed by atoms with van der Waals surface area (Å²) in [6.07, 6.45) is 0.0777. The molecule has 4 aromatic rings. The Bertz CT molecular complexity index is 1650. The van der Waals surface area contributed by atoms with Crippen LogP contribution in [0.1, 0.15) is 52.5 Å². The predicted molar refractivity (Wildman–Crippen MR) is 152 cm³/mol. The minimum atomic E-state index is -0.616. The molecule has 4 N–H and O–H groups in total. The minimum Gasteiger partial charge on any atom is -0.504 e. The zero-order valence-electron chi connectivity index (χ0n) is 22.3. The molecule has 0 unspecified atom stereocenters. The van der Waals surface area contributed by atoms with Gasteiger partial charge in [0.05, 0.1) is 23.4 Å². The van der Waals surface area contributed by atoms with Crippen molar-refractivity contribution in [3.8, 4) is 22.9 Å². The molecule has 3 aromatic carbocycles. The molecule has 41 heavy (non-hydrogen) atoms.